The first-order chi connectivity index (χ1) is 14.8. The second-order valence-electron chi connectivity index (χ2n) is 10.1. The highest BCUT2D eigenvalue weighted by atomic mass is 16.1. The Morgan fingerprint density at radius 1 is 1.10 bits per heavy atom. The maximum atomic E-state index is 13.2. The summed E-state index contributed by atoms with van der Waals surface area (Å²) in [6, 6.07) is 4.44. The predicted molar refractivity (Wildman–Crippen MR) is 126 cm³/mol. The normalized spacial score (nSPS) is 21.0. The van der Waals surface area contributed by atoms with Gasteiger partial charge in [0.25, 0.3) is 0 Å². The van der Waals surface area contributed by atoms with Gasteiger partial charge < -0.3 is 0 Å². The van der Waals surface area contributed by atoms with Gasteiger partial charge in [0.1, 0.15) is 11.6 Å². The van der Waals surface area contributed by atoms with Crippen molar-refractivity contribution in [2.45, 2.75) is 104 Å². The van der Waals surface area contributed by atoms with Crippen LogP contribution in [0.2, 0.25) is 0 Å². The Kier molecular flexibility index (Phi) is 8.24. The zero-order valence-electron chi connectivity index (χ0n) is 20.0. The van der Waals surface area contributed by atoms with E-state index in [0.717, 1.165) is 43.2 Å². The molecular weight excluding hydrogens is 384 g/mol. The fourth-order valence-electron chi connectivity index (χ4n) is 6.38. The molecule has 0 heterocycles. The first kappa shape index (κ1) is 23.9. The average Bonchev–Trinajstić information content (AvgIpc) is 3.22. The molecule has 1 aromatic rings. The number of ketones is 3. The lowest BCUT2D eigenvalue weighted by Crippen LogP contribution is -2.30. The van der Waals surface area contributed by atoms with Crippen molar-refractivity contribution >= 4 is 17.3 Å². The molecule has 3 nitrogen and oxygen atoms in total. The molecular formula is C28H40O3. The Balaban J connectivity index is 1.84. The highest BCUT2D eigenvalue weighted by Crippen LogP contribution is 2.42. The van der Waals surface area contributed by atoms with Crippen LogP contribution in [0.25, 0.3) is 0 Å². The number of hydrogen-bond acceptors (Lipinski definition) is 3. The first-order valence-electron chi connectivity index (χ1n) is 12.5. The molecule has 0 bridgehead atoms. The quantitative estimate of drug-likeness (QED) is 0.389. The van der Waals surface area contributed by atoms with Crippen LogP contribution in [0.3, 0.4) is 0 Å². The molecule has 0 spiro atoms. The molecule has 0 radical (unpaired) electrons. The summed E-state index contributed by atoms with van der Waals surface area (Å²) in [6.45, 7) is 7.80. The van der Waals surface area contributed by atoms with Gasteiger partial charge in [0.05, 0.1) is 6.42 Å². The van der Waals surface area contributed by atoms with Gasteiger partial charge in [0.15, 0.2) is 5.78 Å². The molecule has 0 saturated heterocycles. The van der Waals surface area contributed by atoms with Gasteiger partial charge in [0.2, 0.25) is 0 Å². The van der Waals surface area contributed by atoms with Gasteiger partial charge in [-0.15, -0.1) is 0 Å². The van der Waals surface area contributed by atoms with Crippen LogP contribution in [0.4, 0.5) is 0 Å². The van der Waals surface area contributed by atoms with Gasteiger partial charge >= 0.3 is 0 Å². The van der Waals surface area contributed by atoms with E-state index in [0.29, 0.717) is 24.0 Å². The van der Waals surface area contributed by atoms with Crippen LogP contribution in [0.5, 0.6) is 0 Å². The van der Waals surface area contributed by atoms with Crippen LogP contribution in [0.15, 0.2) is 12.1 Å². The number of aryl methyl sites for hydroxylation is 1. The van der Waals surface area contributed by atoms with Gasteiger partial charge in [-0.1, -0.05) is 51.7 Å². The molecule has 3 unspecified atom stereocenters. The molecule has 31 heavy (non-hydrogen) atoms. The van der Waals surface area contributed by atoms with Crippen molar-refractivity contribution in [1.29, 1.82) is 0 Å². The van der Waals surface area contributed by atoms with Gasteiger partial charge in [-0.3, -0.25) is 14.4 Å². The Morgan fingerprint density at radius 2 is 1.81 bits per heavy atom. The van der Waals surface area contributed by atoms with E-state index in [1.165, 1.54) is 43.7 Å². The monoisotopic (exact) mass is 424 g/mol. The van der Waals surface area contributed by atoms with Crippen molar-refractivity contribution in [3.8, 4) is 0 Å². The summed E-state index contributed by atoms with van der Waals surface area (Å²) in [5, 5.41) is 0. The Morgan fingerprint density at radius 3 is 2.42 bits per heavy atom. The lowest BCUT2D eigenvalue weighted by Gasteiger charge is -2.33. The zero-order chi connectivity index (χ0) is 22.5. The molecule has 1 saturated carbocycles. The van der Waals surface area contributed by atoms with Crippen LogP contribution in [-0.4, -0.2) is 17.3 Å². The lowest BCUT2D eigenvalue weighted by molar-refractivity contribution is -0.129. The summed E-state index contributed by atoms with van der Waals surface area (Å²) in [7, 11) is 0. The van der Waals surface area contributed by atoms with Crippen molar-refractivity contribution in [1.82, 2.24) is 0 Å². The highest BCUT2D eigenvalue weighted by Gasteiger charge is 2.34. The predicted octanol–water partition coefficient (Wildman–Crippen LogP) is 6.78. The SMILES string of the molecule is CCCC(CC1CC(=O)c2c(C)ccc(C3CCCC3)c2C1)C(CC)C(=O)CC(C)=O. The van der Waals surface area contributed by atoms with E-state index in [9.17, 15) is 14.4 Å². The van der Waals surface area contributed by atoms with Crippen molar-refractivity contribution in [3.05, 3.63) is 34.4 Å². The van der Waals surface area contributed by atoms with Crippen molar-refractivity contribution in [3.63, 3.8) is 0 Å². The van der Waals surface area contributed by atoms with E-state index < -0.39 is 0 Å². The van der Waals surface area contributed by atoms with Crippen LogP contribution >= 0.6 is 0 Å². The fraction of sp³-hybridized carbons (Fsp3) is 0.679. The summed E-state index contributed by atoms with van der Waals surface area (Å²) in [4.78, 5) is 37.6. The third-order valence-electron chi connectivity index (χ3n) is 7.74. The lowest BCUT2D eigenvalue weighted by atomic mass is 9.70. The second-order valence-corrected chi connectivity index (χ2v) is 10.1. The van der Waals surface area contributed by atoms with Crippen LogP contribution in [0, 0.1) is 24.7 Å². The fourth-order valence-corrected chi connectivity index (χ4v) is 6.38. The minimum atomic E-state index is -0.0628. The summed E-state index contributed by atoms with van der Waals surface area (Å²) >= 11 is 0. The summed E-state index contributed by atoms with van der Waals surface area (Å²) in [5.74, 6) is 1.45. The number of fused-ring (bicyclic) bond motifs is 1. The molecule has 2 aliphatic carbocycles. The van der Waals surface area contributed by atoms with Gasteiger partial charge in [-0.2, -0.15) is 0 Å². The van der Waals surface area contributed by atoms with E-state index in [-0.39, 0.29) is 29.8 Å². The molecule has 3 heteroatoms. The molecule has 3 atom stereocenters. The number of rotatable bonds is 10. The summed E-state index contributed by atoms with van der Waals surface area (Å²) in [6.07, 6.45) is 10.4. The Bertz CT molecular complexity index is 816. The standard InChI is InChI=1S/C28H40O3/c1-5-9-22(23(6-2)26(30)14-19(4)29)15-20-16-25-24(21-10-7-8-11-21)13-12-18(3)28(25)27(31)17-20/h12-13,20-23H,5-11,14-17H2,1-4H3. The second kappa shape index (κ2) is 10.7. The van der Waals surface area contributed by atoms with Crippen LogP contribution < -0.4 is 0 Å². The van der Waals surface area contributed by atoms with E-state index in [4.69, 9.17) is 0 Å². The molecule has 2 aliphatic rings. The van der Waals surface area contributed by atoms with Gasteiger partial charge in [-0.25, -0.2) is 0 Å². The number of hydrogen-bond donors (Lipinski definition) is 0. The number of benzene rings is 1. The smallest absolute Gasteiger partial charge is 0.163 e. The highest BCUT2D eigenvalue weighted by molar-refractivity contribution is 6.00. The Hall–Kier alpha value is -1.77. The minimum absolute atomic E-state index is 0.0443. The van der Waals surface area contributed by atoms with Crippen molar-refractivity contribution in [2.24, 2.45) is 17.8 Å². The van der Waals surface area contributed by atoms with Crippen molar-refractivity contribution < 1.29 is 14.4 Å². The number of carbonyl (C=O) groups is 3. The van der Waals surface area contributed by atoms with Crippen LogP contribution in [0.1, 0.15) is 118 Å². The maximum Gasteiger partial charge on any atom is 0.163 e. The van der Waals surface area contributed by atoms with E-state index in [2.05, 4.69) is 32.9 Å². The third kappa shape index (κ3) is 5.54. The molecule has 1 fully saturated rings. The van der Waals surface area contributed by atoms with E-state index in [1.54, 1.807) is 0 Å². The maximum absolute atomic E-state index is 13.2. The van der Waals surface area contributed by atoms with Gasteiger partial charge in [-0.05, 0) is 80.4 Å². The molecule has 0 aromatic heterocycles. The number of Topliss-reactive ketones (excluding diaryl/α,β-unsaturated/α-hetero) is 3. The zero-order valence-corrected chi connectivity index (χ0v) is 20.0. The molecule has 3 rings (SSSR count). The average molecular weight is 425 g/mol. The molecule has 0 aliphatic heterocycles. The van der Waals surface area contributed by atoms with Crippen molar-refractivity contribution in [2.75, 3.05) is 0 Å². The largest absolute Gasteiger partial charge is 0.300 e. The van der Waals surface area contributed by atoms with Crippen LogP contribution in [-0.2, 0) is 16.0 Å². The molecule has 0 amide bonds. The molecule has 170 valence electrons. The number of carbonyl (C=O) groups excluding carboxylic acids is 3. The molecule has 1 aromatic carbocycles. The first-order valence-corrected chi connectivity index (χ1v) is 12.5. The Labute approximate surface area is 188 Å². The molecule has 0 N–H and O–H groups in total. The van der Waals surface area contributed by atoms with E-state index in [1.807, 2.05) is 0 Å². The van der Waals surface area contributed by atoms with E-state index >= 15 is 0 Å². The summed E-state index contributed by atoms with van der Waals surface area (Å²) in [5.41, 5.74) is 4.84. The third-order valence-corrected chi connectivity index (χ3v) is 7.74. The summed E-state index contributed by atoms with van der Waals surface area (Å²) < 4.78 is 0. The van der Waals surface area contributed by atoms with Gasteiger partial charge in [0, 0.05) is 17.9 Å². The topological polar surface area (TPSA) is 51.2 Å². The minimum Gasteiger partial charge on any atom is -0.300 e.